The summed E-state index contributed by atoms with van der Waals surface area (Å²) >= 11 is 1.43. The number of hydrogen-bond acceptors (Lipinski definition) is 6. The number of anilines is 2. The van der Waals surface area contributed by atoms with Crippen LogP contribution in [0.4, 0.5) is 15.2 Å². The number of nitrogens with zero attached hydrogens (tertiary/aromatic N) is 4. The molecule has 2 heterocycles. The second kappa shape index (κ2) is 7.25. The Morgan fingerprint density at radius 3 is 2.71 bits per heavy atom. The number of Topliss-reactive ketones (excluding diaryl/α,β-unsaturated/α-hetero) is 1. The van der Waals surface area contributed by atoms with Crippen molar-refractivity contribution in [2.75, 3.05) is 36.0 Å². The van der Waals surface area contributed by atoms with Gasteiger partial charge in [-0.15, -0.1) is 0 Å². The minimum Gasteiger partial charge on any atom is -0.369 e. The first-order valence-corrected chi connectivity index (χ1v) is 8.99. The van der Waals surface area contributed by atoms with Crippen LogP contribution in [-0.4, -0.2) is 41.3 Å². The molecular formula is C17H21FN4OS. The maximum Gasteiger partial charge on any atom is 0.205 e. The molecule has 3 rings (SSSR count). The van der Waals surface area contributed by atoms with Gasteiger partial charge in [-0.05, 0) is 25.5 Å². The van der Waals surface area contributed by atoms with Crippen LogP contribution in [0.1, 0.15) is 36.5 Å². The van der Waals surface area contributed by atoms with Crippen LogP contribution < -0.4 is 9.80 Å². The van der Waals surface area contributed by atoms with Crippen LogP contribution in [0.2, 0.25) is 0 Å². The van der Waals surface area contributed by atoms with Crippen molar-refractivity contribution in [2.45, 2.75) is 26.7 Å². The van der Waals surface area contributed by atoms with Crippen LogP contribution in [0.3, 0.4) is 0 Å². The van der Waals surface area contributed by atoms with Gasteiger partial charge in [0.15, 0.2) is 5.78 Å². The molecule has 5 nitrogen and oxygen atoms in total. The number of hydrogen-bond donors (Lipinski definition) is 0. The van der Waals surface area contributed by atoms with E-state index in [1.165, 1.54) is 24.5 Å². The molecule has 2 aromatic rings. The molecule has 0 amide bonds. The van der Waals surface area contributed by atoms with Crippen LogP contribution in [0.15, 0.2) is 18.2 Å². The maximum absolute atomic E-state index is 14.1. The van der Waals surface area contributed by atoms with Crippen molar-refractivity contribution in [3.05, 3.63) is 35.4 Å². The average Bonchev–Trinajstić information content (AvgIpc) is 2.91. The highest BCUT2D eigenvalue weighted by Gasteiger charge is 2.22. The number of aryl methyl sites for hydroxylation is 1. The minimum absolute atomic E-state index is 0.190. The van der Waals surface area contributed by atoms with Gasteiger partial charge in [0, 0.05) is 44.1 Å². The van der Waals surface area contributed by atoms with E-state index in [0.29, 0.717) is 5.69 Å². The van der Waals surface area contributed by atoms with Crippen molar-refractivity contribution in [2.24, 2.45) is 0 Å². The van der Waals surface area contributed by atoms with Crippen LogP contribution in [0, 0.1) is 5.82 Å². The van der Waals surface area contributed by atoms with Gasteiger partial charge < -0.3 is 9.80 Å². The van der Waals surface area contributed by atoms with E-state index < -0.39 is 5.82 Å². The van der Waals surface area contributed by atoms with Gasteiger partial charge in [0.25, 0.3) is 0 Å². The Labute approximate surface area is 145 Å². The van der Waals surface area contributed by atoms with Crippen molar-refractivity contribution in [1.29, 1.82) is 0 Å². The second-order valence-corrected chi connectivity index (χ2v) is 6.59. The smallest absolute Gasteiger partial charge is 0.205 e. The van der Waals surface area contributed by atoms with Crippen molar-refractivity contribution >= 4 is 28.1 Å². The van der Waals surface area contributed by atoms with Crippen LogP contribution in [0.25, 0.3) is 0 Å². The van der Waals surface area contributed by atoms with Crippen molar-refractivity contribution in [1.82, 2.24) is 9.36 Å². The van der Waals surface area contributed by atoms with E-state index >= 15 is 0 Å². The molecule has 1 saturated heterocycles. The highest BCUT2D eigenvalue weighted by atomic mass is 32.1. The van der Waals surface area contributed by atoms with Crippen molar-refractivity contribution in [3.63, 3.8) is 0 Å². The summed E-state index contributed by atoms with van der Waals surface area (Å²) in [5.41, 5.74) is 0.881. The molecular weight excluding hydrogens is 327 g/mol. The largest absolute Gasteiger partial charge is 0.369 e. The van der Waals surface area contributed by atoms with Crippen LogP contribution in [-0.2, 0) is 6.42 Å². The predicted molar refractivity (Wildman–Crippen MR) is 94.7 cm³/mol. The summed E-state index contributed by atoms with van der Waals surface area (Å²) < 4.78 is 18.4. The van der Waals surface area contributed by atoms with E-state index in [1.54, 1.807) is 6.07 Å². The number of benzene rings is 1. The molecule has 0 unspecified atom stereocenters. The summed E-state index contributed by atoms with van der Waals surface area (Å²) in [6.07, 6.45) is 1.76. The maximum atomic E-state index is 14.1. The van der Waals surface area contributed by atoms with Gasteiger partial charge in [0.05, 0.1) is 11.3 Å². The fraction of sp³-hybridized carbons (Fsp3) is 0.471. The molecule has 24 heavy (non-hydrogen) atoms. The molecule has 0 bridgehead atoms. The van der Waals surface area contributed by atoms with E-state index in [4.69, 9.17) is 0 Å². The number of carbonyl (C=O) groups is 1. The SMILES string of the molecule is CCc1nsc(N2CCCN(c3cccc(F)c3C(C)=O)CC2)n1. The van der Waals surface area contributed by atoms with Gasteiger partial charge in [-0.3, -0.25) is 4.79 Å². The molecule has 1 aromatic heterocycles. The lowest BCUT2D eigenvalue weighted by atomic mass is 10.1. The fourth-order valence-electron chi connectivity index (χ4n) is 2.99. The number of halogens is 1. The Bertz CT molecular complexity index is 733. The molecule has 1 aliphatic heterocycles. The molecule has 128 valence electrons. The molecule has 1 aromatic carbocycles. The first-order valence-electron chi connectivity index (χ1n) is 8.22. The minimum atomic E-state index is -0.446. The monoisotopic (exact) mass is 348 g/mol. The van der Waals surface area contributed by atoms with E-state index in [1.807, 2.05) is 13.0 Å². The quantitative estimate of drug-likeness (QED) is 0.795. The predicted octanol–water partition coefficient (Wildman–Crippen LogP) is 3.16. The third kappa shape index (κ3) is 3.40. The molecule has 0 radical (unpaired) electrons. The van der Waals surface area contributed by atoms with Gasteiger partial charge >= 0.3 is 0 Å². The number of aromatic nitrogens is 2. The number of carbonyl (C=O) groups excluding carboxylic acids is 1. The summed E-state index contributed by atoms with van der Waals surface area (Å²) in [5.74, 6) is 0.193. The Morgan fingerprint density at radius 2 is 2.00 bits per heavy atom. The topological polar surface area (TPSA) is 49.3 Å². The lowest BCUT2D eigenvalue weighted by Gasteiger charge is -2.25. The standard InChI is InChI=1S/C17H21FN4OS/c1-3-15-19-17(24-20-15)22-9-5-8-21(10-11-22)14-7-4-6-13(18)16(14)12(2)23/h4,6-7H,3,5,8-11H2,1-2H3. The highest BCUT2D eigenvalue weighted by molar-refractivity contribution is 7.09. The molecule has 0 atom stereocenters. The van der Waals surface area contributed by atoms with Crippen LogP contribution >= 0.6 is 11.5 Å². The van der Waals surface area contributed by atoms with Crippen LogP contribution in [0.5, 0.6) is 0 Å². The zero-order chi connectivity index (χ0) is 17.1. The molecule has 0 N–H and O–H groups in total. The average molecular weight is 348 g/mol. The lowest BCUT2D eigenvalue weighted by molar-refractivity contribution is 0.101. The first kappa shape index (κ1) is 16.8. The van der Waals surface area contributed by atoms with Gasteiger partial charge in [0.2, 0.25) is 5.13 Å². The third-order valence-corrected chi connectivity index (χ3v) is 5.04. The molecule has 7 heteroatoms. The van der Waals surface area contributed by atoms with Gasteiger partial charge in [-0.25, -0.2) is 9.37 Å². The third-order valence-electron chi connectivity index (χ3n) is 4.22. The van der Waals surface area contributed by atoms with Gasteiger partial charge in [-0.2, -0.15) is 4.37 Å². The van der Waals surface area contributed by atoms with Gasteiger partial charge in [0.1, 0.15) is 11.6 Å². The zero-order valence-corrected chi connectivity index (χ0v) is 14.8. The lowest BCUT2D eigenvalue weighted by Crippen LogP contribution is -2.31. The Kier molecular flexibility index (Phi) is 5.08. The zero-order valence-electron chi connectivity index (χ0n) is 14.0. The van der Waals surface area contributed by atoms with Gasteiger partial charge in [-0.1, -0.05) is 13.0 Å². The van der Waals surface area contributed by atoms with E-state index in [0.717, 1.165) is 50.0 Å². The summed E-state index contributed by atoms with van der Waals surface area (Å²) in [7, 11) is 0. The van der Waals surface area contributed by atoms with Crippen molar-refractivity contribution < 1.29 is 9.18 Å². The molecule has 0 spiro atoms. The Morgan fingerprint density at radius 1 is 1.25 bits per heavy atom. The van der Waals surface area contributed by atoms with E-state index in [9.17, 15) is 9.18 Å². The summed E-state index contributed by atoms with van der Waals surface area (Å²) in [4.78, 5) is 20.7. The molecule has 0 saturated carbocycles. The molecule has 0 aliphatic carbocycles. The molecule has 1 fully saturated rings. The highest BCUT2D eigenvalue weighted by Crippen LogP contribution is 2.26. The Hall–Kier alpha value is -2.02. The van der Waals surface area contributed by atoms with E-state index in [2.05, 4.69) is 19.2 Å². The molecule has 1 aliphatic rings. The van der Waals surface area contributed by atoms with E-state index in [-0.39, 0.29) is 11.3 Å². The second-order valence-electron chi connectivity index (χ2n) is 5.86. The summed E-state index contributed by atoms with van der Waals surface area (Å²) in [5, 5.41) is 0.944. The Balaban J connectivity index is 1.79. The van der Waals surface area contributed by atoms with Crippen molar-refractivity contribution in [3.8, 4) is 0 Å². The number of rotatable bonds is 4. The summed E-state index contributed by atoms with van der Waals surface area (Å²) in [6.45, 7) is 6.65. The number of ketones is 1. The first-order chi connectivity index (χ1) is 11.6. The summed E-state index contributed by atoms with van der Waals surface area (Å²) in [6, 6.07) is 4.84. The normalized spacial score (nSPS) is 15.5. The fourth-order valence-corrected chi connectivity index (χ4v) is 3.79.